The van der Waals surface area contributed by atoms with Gasteiger partial charge in [-0.05, 0) is 48.7 Å². The third kappa shape index (κ3) is 3.85. The molecule has 1 aliphatic rings. The van der Waals surface area contributed by atoms with Gasteiger partial charge in [-0.1, -0.05) is 15.9 Å². The van der Waals surface area contributed by atoms with Crippen molar-refractivity contribution in [2.24, 2.45) is 0 Å². The Morgan fingerprint density at radius 3 is 2.89 bits per heavy atom. The molecule has 28 heavy (non-hydrogen) atoms. The molecule has 0 atom stereocenters. The molecule has 4 nitrogen and oxygen atoms in total. The van der Waals surface area contributed by atoms with Gasteiger partial charge in [0.05, 0.1) is 11.8 Å². The van der Waals surface area contributed by atoms with Crippen LogP contribution in [0.5, 0.6) is 0 Å². The summed E-state index contributed by atoms with van der Waals surface area (Å²) in [6.45, 7) is 0.686. The fraction of sp³-hybridized carbons (Fsp3) is 0.238. The number of hydrogen-bond donors (Lipinski definition) is 0. The first-order valence-corrected chi connectivity index (χ1v) is 9.79. The first-order valence-electron chi connectivity index (χ1n) is 9.00. The zero-order chi connectivity index (χ0) is 19.7. The Morgan fingerprint density at radius 2 is 2.07 bits per heavy atom. The van der Waals surface area contributed by atoms with Crippen LogP contribution in [0.2, 0.25) is 0 Å². The Balaban J connectivity index is 1.45. The van der Waals surface area contributed by atoms with E-state index in [9.17, 15) is 13.6 Å². The number of benzene rings is 2. The van der Waals surface area contributed by atoms with Crippen molar-refractivity contribution >= 4 is 27.5 Å². The molecule has 0 radical (unpaired) electrons. The Labute approximate surface area is 169 Å². The van der Waals surface area contributed by atoms with Crippen molar-refractivity contribution in [2.75, 3.05) is 11.4 Å². The van der Waals surface area contributed by atoms with Gasteiger partial charge in [0, 0.05) is 35.6 Å². The van der Waals surface area contributed by atoms with E-state index in [1.54, 1.807) is 4.90 Å². The third-order valence-corrected chi connectivity index (χ3v) is 5.26. The molecule has 1 aromatic heterocycles. The van der Waals surface area contributed by atoms with E-state index in [4.69, 9.17) is 4.42 Å². The predicted molar refractivity (Wildman–Crippen MR) is 105 cm³/mol. The molecule has 0 unspecified atom stereocenters. The second-order valence-electron chi connectivity index (χ2n) is 6.66. The van der Waals surface area contributed by atoms with E-state index in [2.05, 4.69) is 20.9 Å². The molecule has 144 valence electrons. The molecule has 7 heteroatoms. The van der Waals surface area contributed by atoms with Gasteiger partial charge in [0.15, 0.2) is 11.7 Å². The second kappa shape index (κ2) is 7.83. The number of aryl methyl sites for hydroxylation is 2. The van der Waals surface area contributed by atoms with Gasteiger partial charge < -0.3 is 9.32 Å². The Hall–Kier alpha value is -2.54. The van der Waals surface area contributed by atoms with Crippen LogP contribution in [0.3, 0.4) is 0 Å². The van der Waals surface area contributed by atoms with Gasteiger partial charge in [0.25, 0.3) is 0 Å². The predicted octanol–water partition coefficient (Wildman–Crippen LogP) is 5.29. The van der Waals surface area contributed by atoms with E-state index >= 15 is 0 Å². The van der Waals surface area contributed by atoms with Crippen molar-refractivity contribution in [2.45, 2.75) is 25.7 Å². The molecule has 0 N–H and O–H groups in total. The van der Waals surface area contributed by atoms with Crippen molar-refractivity contribution in [1.29, 1.82) is 0 Å². The van der Waals surface area contributed by atoms with Crippen molar-refractivity contribution in [3.8, 4) is 11.3 Å². The van der Waals surface area contributed by atoms with E-state index in [0.717, 1.165) is 40.7 Å². The van der Waals surface area contributed by atoms with Gasteiger partial charge in [-0.3, -0.25) is 4.79 Å². The number of carbonyl (C=O) groups excluding carboxylic acids is 1. The SMILES string of the molecule is O=C(CCc1ncc(-c2ccc(F)cc2F)o1)N1CCCc2cc(Br)ccc21. The first kappa shape index (κ1) is 18.8. The number of anilines is 1. The molecular formula is C21H17BrF2N2O2. The molecule has 4 rings (SSSR count). The Morgan fingerprint density at radius 1 is 1.21 bits per heavy atom. The van der Waals surface area contributed by atoms with E-state index in [1.807, 2.05) is 18.2 Å². The highest BCUT2D eigenvalue weighted by molar-refractivity contribution is 9.10. The molecule has 1 aliphatic heterocycles. The van der Waals surface area contributed by atoms with Crippen molar-refractivity contribution < 1.29 is 18.0 Å². The lowest BCUT2D eigenvalue weighted by Gasteiger charge is -2.29. The minimum absolute atomic E-state index is 0.00372. The highest BCUT2D eigenvalue weighted by Gasteiger charge is 2.23. The maximum absolute atomic E-state index is 13.9. The van der Waals surface area contributed by atoms with Crippen LogP contribution in [0.15, 0.2) is 51.5 Å². The number of carbonyl (C=O) groups is 1. The number of fused-ring (bicyclic) bond motifs is 1. The van der Waals surface area contributed by atoms with Crippen LogP contribution in [-0.4, -0.2) is 17.4 Å². The summed E-state index contributed by atoms with van der Waals surface area (Å²) in [4.78, 5) is 18.7. The van der Waals surface area contributed by atoms with Crippen molar-refractivity contribution in [1.82, 2.24) is 4.98 Å². The van der Waals surface area contributed by atoms with Crippen LogP contribution in [0.25, 0.3) is 11.3 Å². The van der Waals surface area contributed by atoms with Crippen molar-refractivity contribution in [3.05, 3.63) is 70.2 Å². The maximum Gasteiger partial charge on any atom is 0.227 e. The van der Waals surface area contributed by atoms with Crippen LogP contribution in [-0.2, 0) is 17.6 Å². The number of hydrogen-bond acceptors (Lipinski definition) is 3. The standard InChI is InChI=1S/C21H17BrF2N2O2/c22-14-3-6-18-13(10-14)2-1-9-26(18)21(27)8-7-20-25-12-19(28-20)16-5-4-15(23)11-17(16)24/h3-6,10-12H,1-2,7-9H2. The highest BCUT2D eigenvalue weighted by Crippen LogP contribution is 2.30. The lowest BCUT2D eigenvalue weighted by molar-refractivity contribution is -0.118. The summed E-state index contributed by atoms with van der Waals surface area (Å²) in [7, 11) is 0. The normalized spacial score (nSPS) is 13.5. The molecule has 2 heterocycles. The molecule has 0 spiro atoms. The fourth-order valence-corrected chi connectivity index (χ4v) is 3.82. The molecule has 2 aromatic carbocycles. The number of nitrogens with zero attached hydrogens (tertiary/aromatic N) is 2. The van der Waals surface area contributed by atoms with Gasteiger partial charge in [0.1, 0.15) is 11.6 Å². The summed E-state index contributed by atoms with van der Waals surface area (Å²) in [5.41, 5.74) is 2.24. The van der Waals surface area contributed by atoms with E-state index in [1.165, 1.54) is 12.3 Å². The van der Waals surface area contributed by atoms with Crippen LogP contribution in [0, 0.1) is 11.6 Å². The molecule has 0 fully saturated rings. The zero-order valence-corrected chi connectivity index (χ0v) is 16.5. The largest absolute Gasteiger partial charge is 0.441 e. The smallest absolute Gasteiger partial charge is 0.227 e. The molecule has 0 bridgehead atoms. The quantitative estimate of drug-likeness (QED) is 0.546. The summed E-state index contributed by atoms with van der Waals surface area (Å²) < 4.78 is 33.5. The number of halogens is 3. The third-order valence-electron chi connectivity index (χ3n) is 4.76. The minimum Gasteiger partial charge on any atom is -0.441 e. The van der Waals surface area contributed by atoms with E-state index < -0.39 is 11.6 Å². The molecular weight excluding hydrogens is 430 g/mol. The van der Waals surface area contributed by atoms with Crippen LogP contribution in [0.1, 0.15) is 24.3 Å². The summed E-state index contributed by atoms with van der Waals surface area (Å²) in [5, 5.41) is 0. The molecule has 1 amide bonds. The number of aromatic nitrogens is 1. The minimum atomic E-state index is -0.713. The monoisotopic (exact) mass is 446 g/mol. The lowest BCUT2D eigenvalue weighted by atomic mass is 10.0. The van der Waals surface area contributed by atoms with Crippen LogP contribution >= 0.6 is 15.9 Å². The van der Waals surface area contributed by atoms with Crippen LogP contribution < -0.4 is 4.90 Å². The molecule has 0 aliphatic carbocycles. The van der Waals surface area contributed by atoms with Crippen molar-refractivity contribution in [3.63, 3.8) is 0 Å². The van der Waals surface area contributed by atoms with Gasteiger partial charge in [-0.15, -0.1) is 0 Å². The van der Waals surface area contributed by atoms with Gasteiger partial charge in [0.2, 0.25) is 5.91 Å². The summed E-state index contributed by atoms with van der Waals surface area (Å²) >= 11 is 3.47. The number of amides is 1. The Kier molecular flexibility index (Phi) is 5.26. The average Bonchev–Trinajstić information content (AvgIpc) is 3.14. The molecule has 3 aromatic rings. The summed E-state index contributed by atoms with van der Waals surface area (Å²) in [5.74, 6) is -0.806. The second-order valence-corrected chi connectivity index (χ2v) is 7.58. The maximum atomic E-state index is 13.9. The Bertz CT molecular complexity index is 1030. The first-order chi connectivity index (χ1) is 13.5. The highest BCUT2D eigenvalue weighted by atomic mass is 79.9. The molecule has 0 saturated carbocycles. The van der Waals surface area contributed by atoms with Gasteiger partial charge in [-0.25, -0.2) is 13.8 Å². The average molecular weight is 447 g/mol. The lowest BCUT2D eigenvalue weighted by Crippen LogP contribution is -2.35. The number of rotatable bonds is 4. The summed E-state index contributed by atoms with van der Waals surface area (Å²) in [6.07, 6.45) is 3.81. The van der Waals surface area contributed by atoms with Crippen LogP contribution in [0.4, 0.5) is 14.5 Å². The summed E-state index contributed by atoms with van der Waals surface area (Å²) in [6, 6.07) is 9.21. The van der Waals surface area contributed by atoms with Gasteiger partial charge >= 0.3 is 0 Å². The van der Waals surface area contributed by atoms with Gasteiger partial charge in [-0.2, -0.15) is 0 Å². The van der Waals surface area contributed by atoms with E-state index in [0.29, 0.717) is 18.9 Å². The topological polar surface area (TPSA) is 46.3 Å². The zero-order valence-electron chi connectivity index (χ0n) is 14.9. The number of oxazole rings is 1. The fourth-order valence-electron chi connectivity index (χ4n) is 3.41. The van der Waals surface area contributed by atoms with E-state index in [-0.39, 0.29) is 23.7 Å². The molecule has 0 saturated heterocycles.